The maximum Gasteiger partial charge on any atom is 0.223 e. The second-order valence-electron chi connectivity index (χ2n) is 5.77. The molecule has 0 fully saturated rings. The summed E-state index contributed by atoms with van der Waals surface area (Å²) in [5.41, 5.74) is 7.08. The van der Waals surface area contributed by atoms with Crippen molar-refractivity contribution in [3.8, 4) is 0 Å². The third-order valence-corrected chi connectivity index (χ3v) is 3.48. The van der Waals surface area contributed by atoms with Crippen LogP contribution >= 0.6 is 0 Å². The highest BCUT2D eigenvalue weighted by molar-refractivity contribution is 5.79. The number of hydrogen-bond donors (Lipinski definition) is 2. The number of rotatable bonds is 4. The first-order chi connectivity index (χ1) is 8.24. The van der Waals surface area contributed by atoms with E-state index in [9.17, 15) is 4.79 Å². The summed E-state index contributed by atoms with van der Waals surface area (Å²) in [4.78, 5) is 12.1. The topological polar surface area (TPSA) is 55.1 Å². The SMILES string of the molecule is CC(C)C(C)C(=O)NC(C)(C)c1ccc(N)cc1. The molecule has 0 bridgehead atoms. The third-order valence-electron chi connectivity index (χ3n) is 3.48. The lowest BCUT2D eigenvalue weighted by atomic mass is 9.91. The van der Waals surface area contributed by atoms with Crippen molar-refractivity contribution in [3.05, 3.63) is 29.8 Å². The van der Waals surface area contributed by atoms with Crippen molar-refractivity contribution in [1.29, 1.82) is 0 Å². The summed E-state index contributed by atoms with van der Waals surface area (Å²) in [5.74, 6) is 0.442. The van der Waals surface area contributed by atoms with Gasteiger partial charge in [0.25, 0.3) is 0 Å². The molecule has 1 aromatic carbocycles. The largest absolute Gasteiger partial charge is 0.399 e. The van der Waals surface area contributed by atoms with Gasteiger partial charge in [-0.05, 0) is 37.5 Å². The van der Waals surface area contributed by atoms with Crippen LogP contribution < -0.4 is 11.1 Å². The lowest BCUT2D eigenvalue weighted by molar-refractivity contribution is -0.127. The van der Waals surface area contributed by atoms with Gasteiger partial charge in [-0.15, -0.1) is 0 Å². The Morgan fingerprint density at radius 1 is 1.17 bits per heavy atom. The molecule has 1 rings (SSSR count). The Kier molecular flexibility index (Phi) is 4.38. The Balaban J connectivity index is 2.81. The van der Waals surface area contributed by atoms with Crippen molar-refractivity contribution in [1.82, 2.24) is 5.32 Å². The van der Waals surface area contributed by atoms with E-state index in [1.54, 1.807) is 0 Å². The van der Waals surface area contributed by atoms with Gasteiger partial charge in [-0.25, -0.2) is 0 Å². The molecule has 0 aromatic heterocycles. The first-order valence-corrected chi connectivity index (χ1v) is 6.42. The number of carbonyl (C=O) groups excluding carboxylic acids is 1. The zero-order valence-electron chi connectivity index (χ0n) is 11.9. The Morgan fingerprint density at radius 3 is 2.11 bits per heavy atom. The molecule has 0 aliphatic carbocycles. The molecular weight excluding hydrogens is 224 g/mol. The fourth-order valence-corrected chi connectivity index (χ4v) is 1.70. The molecule has 0 saturated carbocycles. The van der Waals surface area contributed by atoms with Crippen molar-refractivity contribution >= 4 is 11.6 Å². The highest BCUT2D eigenvalue weighted by Gasteiger charge is 2.26. The van der Waals surface area contributed by atoms with Gasteiger partial charge in [-0.3, -0.25) is 4.79 Å². The fraction of sp³-hybridized carbons (Fsp3) is 0.533. The van der Waals surface area contributed by atoms with Crippen molar-refractivity contribution in [2.24, 2.45) is 11.8 Å². The first kappa shape index (κ1) is 14.6. The van der Waals surface area contributed by atoms with E-state index in [1.807, 2.05) is 45.0 Å². The van der Waals surface area contributed by atoms with Crippen LogP contribution in [0.25, 0.3) is 0 Å². The molecular formula is C15H24N2O. The first-order valence-electron chi connectivity index (χ1n) is 6.42. The van der Waals surface area contributed by atoms with Crippen LogP contribution in [0.1, 0.15) is 40.2 Å². The van der Waals surface area contributed by atoms with Gasteiger partial charge in [-0.1, -0.05) is 32.9 Å². The molecule has 0 spiro atoms. The summed E-state index contributed by atoms with van der Waals surface area (Å²) in [6.45, 7) is 10.1. The van der Waals surface area contributed by atoms with Crippen LogP contribution in [0.5, 0.6) is 0 Å². The van der Waals surface area contributed by atoms with Gasteiger partial charge in [-0.2, -0.15) is 0 Å². The second kappa shape index (κ2) is 5.42. The standard InChI is InChI=1S/C15H24N2O/c1-10(2)11(3)14(18)17-15(4,5)12-6-8-13(16)9-7-12/h6-11H,16H2,1-5H3,(H,17,18). The maximum absolute atomic E-state index is 12.1. The number of hydrogen-bond acceptors (Lipinski definition) is 2. The van der Waals surface area contributed by atoms with Crippen molar-refractivity contribution < 1.29 is 4.79 Å². The monoisotopic (exact) mass is 248 g/mol. The minimum absolute atomic E-state index is 0.0121. The molecule has 0 radical (unpaired) electrons. The van der Waals surface area contributed by atoms with Crippen molar-refractivity contribution in [2.45, 2.75) is 40.2 Å². The van der Waals surface area contributed by atoms with Gasteiger partial charge < -0.3 is 11.1 Å². The summed E-state index contributed by atoms with van der Waals surface area (Å²) in [7, 11) is 0. The zero-order valence-corrected chi connectivity index (χ0v) is 11.9. The van der Waals surface area contributed by atoms with E-state index in [4.69, 9.17) is 5.73 Å². The fourth-order valence-electron chi connectivity index (χ4n) is 1.70. The average Bonchev–Trinajstić information content (AvgIpc) is 2.27. The number of amides is 1. The maximum atomic E-state index is 12.1. The molecule has 1 atom stereocenters. The number of benzene rings is 1. The van der Waals surface area contributed by atoms with Crippen LogP contribution in [0.2, 0.25) is 0 Å². The Hall–Kier alpha value is -1.51. The quantitative estimate of drug-likeness (QED) is 0.805. The molecule has 0 aliphatic rings. The lowest BCUT2D eigenvalue weighted by Gasteiger charge is -2.29. The molecule has 100 valence electrons. The summed E-state index contributed by atoms with van der Waals surface area (Å²) in [6.07, 6.45) is 0. The lowest BCUT2D eigenvalue weighted by Crippen LogP contribution is -2.44. The van der Waals surface area contributed by atoms with Crippen LogP contribution in [0, 0.1) is 11.8 Å². The minimum atomic E-state index is -0.381. The van der Waals surface area contributed by atoms with Crippen molar-refractivity contribution in [2.75, 3.05) is 5.73 Å². The highest BCUT2D eigenvalue weighted by Crippen LogP contribution is 2.22. The van der Waals surface area contributed by atoms with E-state index >= 15 is 0 Å². The number of nitrogens with two attached hydrogens (primary N) is 1. The zero-order chi connectivity index (χ0) is 13.9. The van der Waals surface area contributed by atoms with Crippen molar-refractivity contribution in [3.63, 3.8) is 0 Å². The summed E-state index contributed by atoms with van der Waals surface area (Å²) in [5, 5.41) is 3.09. The summed E-state index contributed by atoms with van der Waals surface area (Å²) < 4.78 is 0. The molecule has 3 nitrogen and oxygen atoms in total. The van der Waals surface area contributed by atoms with E-state index in [-0.39, 0.29) is 17.4 Å². The number of carbonyl (C=O) groups is 1. The van der Waals surface area contributed by atoms with Crippen LogP contribution in [-0.4, -0.2) is 5.91 Å². The molecule has 1 aromatic rings. The number of nitrogen functional groups attached to an aromatic ring is 1. The normalized spacial score (nSPS) is 13.4. The van der Waals surface area contributed by atoms with Crippen LogP contribution in [0.15, 0.2) is 24.3 Å². The molecule has 0 heterocycles. The van der Waals surface area contributed by atoms with Gasteiger partial charge in [0.05, 0.1) is 5.54 Å². The van der Waals surface area contributed by atoms with E-state index in [2.05, 4.69) is 19.2 Å². The number of nitrogens with one attached hydrogen (secondary N) is 1. The summed E-state index contributed by atoms with van der Waals surface area (Å²) in [6, 6.07) is 7.62. The molecule has 0 saturated heterocycles. The van der Waals surface area contributed by atoms with Gasteiger partial charge >= 0.3 is 0 Å². The van der Waals surface area contributed by atoms with Gasteiger partial charge in [0.15, 0.2) is 0 Å². The van der Waals surface area contributed by atoms with E-state index < -0.39 is 0 Å². The van der Waals surface area contributed by atoms with E-state index in [1.165, 1.54) is 0 Å². The van der Waals surface area contributed by atoms with Crippen LogP contribution in [0.3, 0.4) is 0 Å². The van der Waals surface area contributed by atoms with Crippen LogP contribution in [-0.2, 0) is 10.3 Å². The number of anilines is 1. The summed E-state index contributed by atoms with van der Waals surface area (Å²) >= 11 is 0. The molecule has 3 N–H and O–H groups in total. The minimum Gasteiger partial charge on any atom is -0.399 e. The van der Waals surface area contributed by atoms with E-state index in [0.29, 0.717) is 5.92 Å². The predicted molar refractivity (Wildman–Crippen MR) is 76.0 cm³/mol. The molecule has 0 aliphatic heterocycles. The average molecular weight is 248 g/mol. The van der Waals surface area contributed by atoms with Gasteiger partial charge in [0.1, 0.15) is 0 Å². The predicted octanol–water partition coefficient (Wildman–Crippen LogP) is 2.91. The Bertz CT molecular complexity index is 407. The molecule has 1 amide bonds. The molecule has 18 heavy (non-hydrogen) atoms. The Labute approximate surface area is 110 Å². The molecule has 1 unspecified atom stereocenters. The Morgan fingerprint density at radius 2 is 1.67 bits per heavy atom. The molecule has 3 heteroatoms. The third kappa shape index (κ3) is 3.49. The highest BCUT2D eigenvalue weighted by atomic mass is 16.2. The van der Waals surface area contributed by atoms with Crippen LogP contribution in [0.4, 0.5) is 5.69 Å². The smallest absolute Gasteiger partial charge is 0.223 e. The van der Waals surface area contributed by atoms with Gasteiger partial charge in [0.2, 0.25) is 5.91 Å². The van der Waals surface area contributed by atoms with E-state index in [0.717, 1.165) is 11.3 Å². The van der Waals surface area contributed by atoms with Gasteiger partial charge in [0, 0.05) is 11.6 Å². The second-order valence-corrected chi connectivity index (χ2v) is 5.77.